The Bertz CT molecular complexity index is 340. The molecule has 1 heterocycles. The van der Waals surface area contributed by atoms with Crippen molar-refractivity contribution in [2.45, 2.75) is 44.2 Å². The lowest BCUT2D eigenvalue weighted by atomic mass is 9.81. The zero-order chi connectivity index (χ0) is 11.6. The predicted molar refractivity (Wildman–Crippen MR) is 63.0 cm³/mol. The fourth-order valence-electron chi connectivity index (χ4n) is 2.63. The molecule has 1 aliphatic rings. The zero-order valence-electron chi connectivity index (χ0n) is 10.1. The van der Waals surface area contributed by atoms with E-state index in [1.54, 1.807) is 6.20 Å². The van der Waals surface area contributed by atoms with Crippen molar-refractivity contribution in [3.8, 4) is 0 Å². The molecule has 1 aromatic heterocycles. The molecule has 2 N–H and O–H groups in total. The summed E-state index contributed by atoms with van der Waals surface area (Å²) in [5.41, 5.74) is -0.718. The van der Waals surface area contributed by atoms with Gasteiger partial charge in [0.15, 0.2) is 0 Å². The summed E-state index contributed by atoms with van der Waals surface area (Å²) in [6.07, 6.45) is 7.30. The van der Waals surface area contributed by atoms with Crippen LogP contribution in [0.15, 0.2) is 12.4 Å². The Kier molecular flexibility index (Phi) is 3.30. The van der Waals surface area contributed by atoms with Crippen LogP contribution in [-0.4, -0.2) is 27.2 Å². The van der Waals surface area contributed by atoms with Crippen LogP contribution in [0.3, 0.4) is 0 Å². The minimum Gasteiger partial charge on any atom is -0.382 e. The Labute approximate surface area is 96.7 Å². The lowest BCUT2D eigenvalue weighted by molar-refractivity contribution is -0.0183. The lowest BCUT2D eigenvalue weighted by Gasteiger charge is -2.35. The van der Waals surface area contributed by atoms with Crippen LogP contribution >= 0.6 is 0 Å². The van der Waals surface area contributed by atoms with Crippen molar-refractivity contribution < 1.29 is 5.11 Å². The second kappa shape index (κ2) is 4.55. The van der Waals surface area contributed by atoms with Crippen molar-refractivity contribution in [3.05, 3.63) is 18.2 Å². The summed E-state index contributed by atoms with van der Waals surface area (Å²) in [7, 11) is 1.94. The van der Waals surface area contributed by atoms with Gasteiger partial charge in [-0.15, -0.1) is 0 Å². The number of aliphatic hydroxyl groups is 1. The van der Waals surface area contributed by atoms with Crippen LogP contribution in [0.1, 0.15) is 38.4 Å². The van der Waals surface area contributed by atoms with E-state index < -0.39 is 5.60 Å². The maximum atomic E-state index is 10.6. The van der Waals surface area contributed by atoms with Crippen LogP contribution in [0.4, 0.5) is 0 Å². The van der Waals surface area contributed by atoms with E-state index >= 15 is 0 Å². The Hall–Kier alpha value is -0.870. The summed E-state index contributed by atoms with van der Waals surface area (Å²) in [5, 5.41) is 14.0. The molecule has 2 rings (SSSR count). The fraction of sp³-hybridized carbons (Fsp3) is 0.750. The van der Waals surface area contributed by atoms with Gasteiger partial charge in [-0.2, -0.15) is 0 Å². The molecule has 0 aliphatic heterocycles. The Morgan fingerprint density at radius 2 is 2.25 bits per heavy atom. The molecule has 1 aromatic rings. The summed E-state index contributed by atoms with van der Waals surface area (Å²) in [4.78, 5) is 4.27. The van der Waals surface area contributed by atoms with Gasteiger partial charge in [-0.3, -0.25) is 0 Å². The van der Waals surface area contributed by atoms with Gasteiger partial charge in [0.2, 0.25) is 0 Å². The highest BCUT2D eigenvalue weighted by Crippen LogP contribution is 2.35. The monoisotopic (exact) mass is 223 g/mol. The predicted octanol–water partition coefficient (Wildman–Crippen LogP) is 1.16. The van der Waals surface area contributed by atoms with Gasteiger partial charge in [-0.25, -0.2) is 4.98 Å². The molecular formula is C12H21N3O. The van der Waals surface area contributed by atoms with E-state index in [0.29, 0.717) is 6.04 Å². The third kappa shape index (κ3) is 2.13. The molecule has 4 heteroatoms. The highest BCUT2D eigenvalue weighted by atomic mass is 16.3. The molecule has 90 valence electrons. The summed E-state index contributed by atoms with van der Waals surface area (Å²) < 4.78 is 1.92. The van der Waals surface area contributed by atoms with Gasteiger partial charge in [0.25, 0.3) is 0 Å². The average Bonchev–Trinajstić information content (AvgIpc) is 2.69. The Balaban J connectivity index is 2.04. The number of nitrogens with zero attached hydrogens (tertiary/aromatic N) is 2. The van der Waals surface area contributed by atoms with E-state index in [0.717, 1.165) is 38.1 Å². The molecule has 16 heavy (non-hydrogen) atoms. The second-order valence-electron chi connectivity index (χ2n) is 4.73. The lowest BCUT2D eigenvalue weighted by Crippen LogP contribution is -2.40. The van der Waals surface area contributed by atoms with E-state index in [9.17, 15) is 5.11 Å². The van der Waals surface area contributed by atoms with Crippen LogP contribution in [0.5, 0.6) is 0 Å². The SMILES string of the molecule is CCNC1CCC(O)(c2nccn2C)CC1. The molecule has 1 fully saturated rings. The highest BCUT2D eigenvalue weighted by molar-refractivity contribution is 5.06. The Morgan fingerprint density at radius 3 is 2.75 bits per heavy atom. The van der Waals surface area contributed by atoms with Crippen LogP contribution in [0, 0.1) is 0 Å². The Morgan fingerprint density at radius 1 is 1.56 bits per heavy atom. The van der Waals surface area contributed by atoms with Gasteiger partial charge in [0.05, 0.1) is 0 Å². The molecule has 0 bridgehead atoms. The largest absolute Gasteiger partial charge is 0.382 e. The summed E-state index contributed by atoms with van der Waals surface area (Å²) in [6, 6.07) is 0.561. The molecule has 1 aliphatic carbocycles. The zero-order valence-corrected chi connectivity index (χ0v) is 10.1. The molecule has 0 radical (unpaired) electrons. The van der Waals surface area contributed by atoms with Gasteiger partial charge in [-0.1, -0.05) is 6.92 Å². The van der Waals surface area contributed by atoms with Crippen LogP contribution in [-0.2, 0) is 12.6 Å². The summed E-state index contributed by atoms with van der Waals surface area (Å²) in [5.74, 6) is 0.808. The topological polar surface area (TPSA) is 50.1 Å². The standard InChI is InChI=1S/C12H21N3O/c1-3-13-10-4-6-12(16,7-5-10)11-14-8-9-15(11)2/h8-10,13,16H,3-7H2,1-2H3. The molecule has 1 saturated carbocycles. The molecule has 0 spiro atoms. The smallest absolute Gasteiger partial charge is 0.140 e. The maximum absolute atomic E-state index is 10.6. The van der Waals surface area contributed by atoms with Crippen molar-refractivity contribution in [2.75, 3.05) is 6.54 Å². The first kappa shape index (κ1) is 11.6. The quantitative estimate of drug-likeness (QED) is 0.808. The third-order valence-corrected chi connectivity index (χ3v) is 3.54. The maximum Gasteiger partial charge on any atom is 0.140 e. The van der Waals surface area contributed by atoms with Crippen LogP contribution in [0.2, 0.25) is 0 Å². The van der Waals surface area contributed by atoms with Gasteiger partial charge >= 0.3 is 0 Å². The number of hydrogen-bond acceptors (Lipinski definition) is 3. The van der Waals surface area contributed by atoms with E-state index in [4.69, 9.17) is 0 Å². The van der Waals surface area contributed by atoms with Gasteiger partial charge in [-0.05, 0) is 32.2 Å². The first-order valence-corrected chi connectivity index (χ1v) is 6.09. The number of rotatable bonds is 3. The summed E-state index contributed by atoms with van der Waals surface area (Å²) >= 11 is 0. The first-order chi connectivity index (χ1) is 7.65. The number of hydrogen-bond donors (Lipinski definition) is 2. The van der Waals surface area contributed by atoms with E-state index in [1.165, 1.54) is 0 Å². The van der Waals surface area contributed by atoms with Crippen molar-refractivity contribution >= 4 is 0 Å². The average molecular weight is 223 g/mol. The van der Waals surface area contributed by atoms with Crippen LogP contribution < -0.4 is 5.32 Å². The second-order valence-corrected chi connectivity index (χ2v) is 4.73. The first-order valence-electron chi connectivity index (χ1n) is 6.09. The number of imidazole rings is 1. The van der Waals surface area contributed by atoms with E-state index in [-0.39, 0.29) is 0 Å². The molecular weight excluding hydrogens is 202 g/mol. The number of nitrogens with one attached hydrogen (secondary N) is 1. The molecule has 0 amide bonds. The number of aryl methyl sites for hydroxylation is 1. The molecule has 0 saturated heterocycles. The minimum atomic E-state index is -0.718. The van der Waals surface area contributed by atoms with Crippen LogP contribution in [0.25, 0.3) is 0 Å². The minimum absolute atomic E-state index is 0.561. The van der Waals surface area contributed by atoms with Gasteiger partial charge < -0.3 is 15.0 Å². The van der Waals surface area contributed by atoms with Crippen molar-refractivity contribution in [1.29, 1.82) is 0 Å². The molecule has 4 nitrogen and oxygen atoms in total. The highest BCUT2D eigenvalue weighted by Gasteiger charge is 2.37. The van der Waals surface area contributed by atoms with Gasteiger partial charge in [0.1, 0.15) is 11.4 Å². The van der Waals surface area contributed by atoms with Crippen molar-refractivity contribution in [1.82, 2.24) is 14.9 Å². The normalized spacial score (nSPS) is 30.6. The molecule has 0 aromatic carbocycles. The van der Waals surface area contributed by atoms with E-state index in [2.05, 4.69) is 17.2 Å². The summed E-state index contributed by atoms with van der Waals surface area (Å²) in [6.45, 7) is 3.13. The number of aromatic nitrogens is 2. The third-order valence-electron chi connectivity index (χ3n) is 3.54. The van der Waals surface area contributed by atoms with E-state index in [1.807, 2.05) is 17.8 Å². The van der Waals surface area contributed by atoms with Crippen molar-refractivity contribution in [3.63, 3.8) is 0 Å². The molecule has 0 atom stereocenters. The fourth-order valence-corrected chi connectivity index (χ4v) is 2.63. The van der Waals surface area contributed by atoms with Crippen molar-refractivity contribution in [2.24, 2.45) is 7.05 Å². The molecule has 0 unspecified atom stereocenters. The van der Waals surface area contributed by atoms with Gasteiger partial charge in [0, 0.05) is 25.5 Å².